The molecule has 0 radical (unpaired) electrons. The summed E-state index contributed by atoms with van der Waals surface area (Å²) in [6.07, 6.45) is 11.2. The molecule has 0 aliphatic heterocycles. The molecule has 2 nitrogen and oxygen atoms in total. The van der Waals surface area contributed by atoms with Crippen LogP contribution >= 0.6 is 0 Å². The van der Waals surface area contributed by atoms with Crippen molar-refractivity contribution in [2.45, 2.75) is 66.2 Å². The average molecular weight is 302 g/mol. The summed E-state index contributed by atoms with van der Waals surface area (Å²) < 4.78 is 0. The van der Waals surface area contributed by atoms with Gasteiger partial charge in [0.1, 0.15) is 0 Å². The van der Waals surface area contributed by atoms with Crippen molar-refractivity contribution in [3.8, 4) is 0 Å². The quantitative estimate of drug-likeness (QED) is 0.760. The van der Waals surface area contributed by atoms with E-state index in [4.69, 9.17) is 0 Å². The number of rotatable bonds is 2. The van der Waals surface area contributed by atoms with Crippen molar-refractivity contribution in [2.75, 3.05) is 0 Å². The maximum Gasteiger partial charge on any atom is 0.309 e. The molecular weight excluding hydrogens is 272 g/mol. The number of hydrogen-bond acceptors (Lipinski definition) is 1. The first kappa shape index (κ1) is 15.8. The second-order valence-corrected chi connectivity index (χ2v) is 8.54. The van der Waals surface area contributed by atoms with Crippen LogP contribution in [-0.2, 0) is 4.79 Å². The standard InChI is InChI=1S/C20H30O2/c1-13(2)14-6-8-16-15(12-14)7-9-17-19(16,3)10-5-11-20(17,4)18(21)22/h7,12-13,16-17H,5-6,8-11H2,1-4H3,(H,21,22)/t16-,17+,19-,20+/m1/s1. The third-order valence-electron chi connectivity index (χ3n) is 7.07. The van der Waals surface area contributed by atoms with E-state index in [1.54, 1.807) is 5.57 Å². The van der Waals surface area contributed by atoms with Crippen LogP contribution in [0.2, 0.25) is 0 Å². The van der Waals surface area contributed by atoms with E-state index in [0.29, 0.717) is 11.8 Å². The molecule has 1 N–H and O–H groups in total. The van der Waals surface area contributed by atoms with Crippen LogP contribution in [0.3, 0.4) is 0 Å². The molecule has 0 spiro atoms. The molecule has 3 aliphatic carbocycles. The minimum atomic E-state index is -0.588. The third-order valence-corrected chi connectivity index (χ3v) is 7.07. The Kier molecular flexibility index (Phi) is 3.78. The van der Waals surface area contributed by atoms with Gasteiger partial charge in [-0.1, -0.05) is 44.9 Å². The highest BCUT2D eigenvalue weighted by Crippen LogP contribution is 2.62. The molecule has 0 aromatic heterocycles. The highest BCUT2D eigenvalue weighted by atomic mass is 16.4. The lowest BCUT2D eigenvalue weighted by Gasteiger charge is -2.57. The van der Waals surface area contributed by atoms with Crippen molar-refractivity contribution in [3.63, 3.8) is 0 Å². The second-order valence-electron chi connectivity index (χ2n) is 8.54. The molecule has 1 fully saturated rings. The first-order valence-electron chi connectivity index (χ1n) is 8.93. The molecule has 0 aromatic rings. The summed E-state index contributed by atoms with van der Waals surface area (Å²) >= 11 is 0. The SMILES string of the molecule is CC(C)C1=CC2=CC[C@H]3[C@](C)(CCC[C@]3(C)C(=O)O)[C@@H]2CC1. The van der Waals surface area contributed by atoms with Crippen LogP contribution in [0.25, 0.3) is 0 Å². The molecule has 0 aromatic carbocycles. The number of carboxylic acid groups (broad SMARTS) is 1. The largest absolute Gasteiger partial charge is 0.481 e. The van der Waals surface area contributed by atoms with Crippen molar-refractivity contribution in [3.05, 3.63) is 23.3 Å². The third kappa shape index (κ3) is 2.18. The van der Waals surface area contributed by atoms with Crippen LogP contribution < -0.4 is 0 Å². The van der Waals surface area contributed by atoms with Crippen LogP contribution in [0.15, 0.2) is 23.3 Å². The Labute approximate surface area is 134 Å². The van der Waals surface area contributed by atoms with Gasteiger partial charge < -0.3 is 5.11 Å². The van der Waals surface area contributed by atoms with Crippen LogP contribution in [0.5, 0.6) is 0 Å². The fourth-order valence-electron chi connectivity index (χ4n) is 5.60. The van der Waals surface area contributed by atoms with Crippen molar-refractivity contribution in [2.24, 2.45) is 28.6 Å². The summed E-state index contributed by atoms with van der Waals surface area (Å²) in [5, 5.41) is 9.83. The van der Waals surface area contributed by atoms with Gasteiger partial charge >= 0.3 is 5.97 Å². The molecule has 0 bridgehead atoms. The Morgan fingerprint density at radius 3 is 2.68 bits per heavy atom. The van der Waals surface area contributed by atoms with E-state index in [1.807, 2.05) is 6.92 Å². The van der Waals surface area contributed by atoms with E-state index in [2.05, 4.69) is 32.9 Å². The molecule has 0 heterocycles. The van der Waals surface area contributed by atoms with Gasteiger partial charge in [0.2, 0.25) is 0 Å². The Bertz CT molecular complexity index is 542. The molecule has 22 heavy (non-hydrogen) atoms. The highest BCUT2D eigenvalue weighted by Gasteiger charge is 2.57. The van der Waals surface area contributed by atoms with Gasteiger partial charge in [-0.2, -0.15) is 0 Å². The Hall–Kier alpha value is -1.05. The van der Waals surface area contributed by atoms with Gasteiger partial charge in [0.25, 0.3) is 0 Å². The second kappa shape index (κ2) is 5.25. The van der Waals surface area contributed by atoms with E-state index in [-0.39, 0.29) is 11.3 Å². The fraction of sp³-hybridized carbons (Fsp3) is 0.750. The topological polar surface area (TPSA) is 37.3 Å². The predicted octanol–water partition coefficient (Wildman–Crippen LogP) is 5.21. The molecule has 3 aliphatic rings. The zero-order valence-corrected chi connectivity index (χ0v) is 14.5. The summed E-state index contributed by atoms with van der Waals surface area (Å²) in [6, 6.07) is 0. The monoisotopic (exact) mass is 302 g/mol. The Balaban J connectivity index is 2.00. The van der Waals surface area contributed by atoms with Crippen LogP contribution in [-0.4, -0.2) is 11.1 Å². The zero-order valence-electron chi connectivity index (χ0n) is 14.5. The summed E-state index contributed by atoms with van der Waals surface area (Å²) in [5.41, 5.74) is 2.69. The van der Waals surface area contributed by atoms with Gasteiger partial charge in [0, 0.05) is 0 Å². The van der Waals surface area contributed by atoms with Gasteiger partial charge in [-0.3, -0.25) is 4.79 Å². The van der Waals surface area contributed by atoms with E-state index < -0.39 is 11.4 Å². The molecule has 0 saturated heterocycles. The summed E-state index contributed by atoms with van der Waals surface area (Å²) in [6.45, 7) is 8.93. The molecule has 122 valence electrons. The number of fused-ring (bicyclic) bond motifs is 3. The van der Waals surface area contributed by atoms with Crippen molar-refractivity contribution < 1.29 is 9.90 Å². The van der Waals surface area contributed by atoms with Gasteiger partial charge in [-0.25, -0.2) is 0 Å². The lowest BCUT2D eigenvalue weighted by Crippen LogP contribution is -2.53. The lowest BCUT2D eigenvalue weighted by molar-refractivity contribution is -0.162. The Morgan fingerprint density at radius 2 is 2.05 bits per heavy atom. The first-order chi connectivity index (χ1) is 10.3. The molecule has 0 amide bonds. The van der Waals surface area contributed by atoms with E-state index in [1.165, 1.54) is 24.8 Å². The van der Waals surface area contributed by atoms with Crippen LogP contribution in [0.4, 0.5) is 0 Å². The molecule has 4 atom stereocenters. The summed E-state index contributed by atoms with van der Waals surface area (Å²) in [5.74, 6) is 0.888. The Morgan fingerprint density at radius 1 is 1.32 bits per heavy atom. The van der Waals surface area contributed by atoms with E-state index in [0.717, 1.165) is 19.3 Å². The maximum atomic E-state index is 11.9. The van der Waals surface area contributed by atoms with Gasteiger partial charge in [-0.05, 0) is 67.8 Å². The van der Waals surface area contributed by atoms with Crippen LogP contribution in [0, 0.1) is 28.6 Å². The first-order valence-corrected chi connectivity index (χ1v) is 8.93. The molecule has 1 saturated carbocycles. The average Bonchev–Trinajstić information content (AvgIpc) is 2.46. The van der Waals surface area contributed by atoms with Crippen molar-refractivity contribution >= 4 is 5.97 Å². The molecular formula is C20H30O2. The predicted molar refractivity (Wildman–Crippen MR) is 89.5 cm³/mol. The number of hydrogen-bond donors (Lipinski definition) is 1. The summed E-state index contributed by atoms with van der Waals surface area (Å²) in [4.78, 5) is 11.9. The maximum absolute atomic E-state index is 11.9. The summed E-state index contributed by atoms with van der Waals surface area (Å²) in [7, 11) is 0. The number of carbonyl (C=O) groups is 1. The molecule has 2 heteroatoms. The number of carboxylic acids is 1. The molecule has 3 rings (SSSR count). The lowest BCUT2D eigenvalue weighted by atomic mass is 9.47. The minimum absolute atomic E-state index is 0.161. The van der Waals surface area contributed by atoms with Gasteiger partial charge in [-0.15, -0.1) is 0 Å². The van der Waals surface area contributed by atoms with Gasteiger partial charge in [0.15, 0.2) is 0 Å². The smallest absolute Gasteiger partial charge is 0.309 e. The number of allylic oxidation sites excluding steroid dienone is 4. The fourth-order valence-corrected chi connectivity index (χ4v) is 5.60. The van der Waals surface area contributed by atoms with E-state index >= 15 is 0 Å². The van der Waals surface area contributed by atoms with Gasteiger partial charge in [0.05, 0.1) is 5.41 Å². The normalized spacial score (nSPS) is 41.3. The van der Waals surface area contributed by atoms with Crippen LogP contribution in [0.1, 0.15) is 66.2 Å². The molecule has 0 unspecified atom stereocenters. The number of aliphatic carboxylic acids is 1. The zero-order chi connectivity index (χ0) is 16.1. The minimum Gasteiger partial charge on any atom is -0.481 e. The van der Waals surface area contributed by atoms with Crippen molar-refractivity contribution in [1.29, 1.82) is 0 Å². The van der Waals surface area contributed by atoms with E-state index in [9.17, 15) is 9.90 Å². The van der Waals surface area contributed by atoms with Crippen molar-refractivity contribution in [1.82, 2.24) is 0 Å². The highest BCUT2D eigenvalue weighted by molar-refractivity contribution is 5.75.